The summed E-state index contributed by atoms with van der Waals surface area (Å²) < 4.78 is 1.68. The molecule has 2 N–H and O–H groups in total. The van der Waals surface area contributed by atoms with Gasteiger partial charge in [0.1, 0.15) is 5.15 Å². The molecule has 4 aromatic rings. The molecule has 8 heteroatoms. The molecule has 35 heavy (non-hydrogen) atoms. The van der Waals surface area contributed by atoms with E-state index < -0.39 is 5.97 Å². The lowest BCUT2D eigenvalue weighted by Crippen LogP contribution is -2.25. The van der Waals surface area contributed by atoms with E-state index in [1.54, 1.807) is 16.5 Å². The molecule has 4 heterocycles. The maximum Gasteiger partial charge on any atom is 0.356 e. The SMILES string of the molecule is Cc1cc([C@@H](C)Nc2ccc(Cl)nc2C(=O)O)c2cc(N3Cc4ccccc4C3)c(C)c(=O)n2c1. The van der Waals surface area contributed by atoms with Crippen molar-refractivity contribution in [2.24, 2.45) is 0 Å². The van der Waals surface area contributed by atoms with Crippen LogP contribution in [0.4, 0.5) is 11.4 Å². The topological polar surface area (TPSA) is 86.9 Å². The van der Waals surface area contributed by atoms with Crippen LogP contribution in [-0.2, 0) is 13.1 Å². The van der Waals surface area contributed by atoms with E-state index in [-0.39, 0.29) is 22.4 Å². The van der Waals surface area contributed by atoms with E-state index in [0.29, 0.717) is 11.3 Å². The molecule has 0 aliphatic carbocycles. The molecule has 0 spiro atoms. The van der Waals surface area contributed by atoms with Crippen LogP contribution in [-0.4, -0.2) is 20.5 Å². The summed E-state index contributed by atoms with van der Waals surface area (Å²) in [7, 11) is 0. The van der Waals surface area contributed by atoms with Crippen LogP contribution in [0.2, 0.25) is 5.15 Å². The zero-order valence-corrected chi connectivity index (χ0v) is 20.4. The number of hydrogen-bond acceptors (Lipinski definition) is 5. The minimum absolute atomic E-state index is 0.0648. The molecule has 5 rings (SSSR count). The van der Waals surface area contributed by atoms with Gasteiger partial charge in [0.05, 0.1) is 17.2 Å². The molecule has 0 radical (unpaired) electrons. The first-order valence-electron chi connectivity index (χ1n) is 11.4. The van der Waals surface area contributed by atoms with Crippen LogP contribution in [0.5, 0.6) is 0 Å². The third-order valence-corrected chi connectivity index (χ3v) is 6.76. The second-order valence-corrected chi connectivity index (χ2v) is 9.40. The van der Waals surface area contributed by atoms with E-state index in [1.807, 2.05) is 45.2 Å². The van der Waals surface area contributed by atoms with Crippen molar-refractivity contribution in [3.05, 3.63) is 104 Å². The second kappa shape index (κ2) is 8.74. The first kappa shape index (κ1) is 22.9. The number of carboxylic acid groups (broad SMARTS) is 1. The predicted molar refractivity (Wildman–Crippen MR) is 138 cm³/mol. The molecule has 0 saturated carbocycles. The Kier molecular flexibility index (Phi) is 5.73. The van der Waals surface area contributed by atoms with Gasteiger partial charge in [-0.15, -0.1) is 0 Å². The molecule has 1 aromatic carbocycles. The number of hydrogen-bond donors (Lipinski definition) is 2. The number of nitrogens with one attached hydrogen (secondary N) is 1. The van der Waals surface area contributed by atoms with Gasteiger partial charge in [-0.05, 0) is 61.2 Å². The van der Waals surface area contributed by atoms with Crippen LogP contribution < -0.4 is 15.8 Å². The molecule has 0 bridgehead atoms. The molecule has 178 valence electrons. The molecule has 1 aliphatic rings. The number of halogens is 1. The van der Waals surface area contributed by atoms with Gasteiger partial charge in [-0.2, -0.15) is 0 Å². The fraction of sp³-hybridized carbons (Fsp3) is 0.222. The number of benzene rings is 1. The third-order valence-electron chi connectivity index (χ3n) is 6.55. The minimum Gasteiger partial charge on any atom is -0.476 e. The van der Waals surface area contributed by atoms with Gasteiger partial charge in [-0.25, -0.2) is 9.78 Å². The largest absolute Gasteiger partial charge is 0.476 e. The van der Waals surface area contributed by atoms with E-state index in [9.17, 15) is 14.7 Å². The quantitative estimate of drug-likeness (QED) is 0.368. The Labute approximate surface area is 207 Å². The fourth-order valence-corrected chi connectivity index (χ4v) is 4.97. The highest BCUT2D eigenvalue weighted by molar-refractivity contribution is 6.29. The lowest BCUT2D eigenvalue weighted by Gasteiger charge is -2.24. The molecule has 7 nitrogen and oxygen atoms in total. The maximum atomic E-state index is 13.5. The number of aromatic nitrogens is 2. The van der Waals surface area contributed by atoms with Gasteiger partial charge >= 0.3 is 5.97 Å². The average molecular weight is 489 g/mol. The zero-order valence-electron chi connectivity index (χ0n) is 19.7. The summed E-state index contributed by atoms with van der Waals surface area (Å²) in [6, 6.07) is 15.3. The Balaban J connectivity index is 1.60. The standard InChI is InChI=1S/C27H25ClN4O3/c1-15-10-20(17(3)29-21-8-9-24(28)30-25(21)27(34)35)23-11-22(16(2)26(33)32(23)12-15)31-13-18-6-4-5-7-19(18)14-31/h4-12,17,29H,13-14H2,1-3H3,(H,34,35)/t17-/m1/s1. The summed E-state index contributed by atoms with van der Waals surface area (Å²) in [4.78, 5) is 31.4. The van der Waals surface area contributed by atoms with Gasteiger partial charge in [0.25, 0.3) is 5.56 Å². The van der Waals surface area contributed by atoms with E-state index in [0.717, 1.165) is 35.4 Å². The lowest BCUT2D eigenvalue weighted by molar-refractivity contribution is 0.0691. The molecule has 0 saturated heterocycles. The van der Waals surface area contributed by atoms with Gasteiger partial charge in [0.2, 0.25) is 0 Å². The Hall–Kier alpha value is -3.84. The van der Waals surface area contributed by atoms with Crippen molar-refractivity contribution in [1.29, 1.82) is 0 Å². The van der Waals surface area contributed by atoms with Crippen molar-refractivity contribution >= 4 is 34.5 Å². The minimum atomic E-state index is -1.17. The number of carboxylic acids is 1. The van der Waals surface area contributed by atoms with Crippen molar-refractivity contribution in [3.63, 3.8) is 0 Å². The van der Waals surface area contributed by atoms with Gasteiger partial charge in [0.15, 0.2) is 5.69 Å². The molecule has 1 aliphatic heterocycles. The first-order valence-corrected chi connectivity index (χ1v) is 11.8. The van der Waals surface area contributed by atoms with Crippen molar-refractivity contribution in [3.8, 4) is 0 Å². The Morgan fingerprint density at radius 3 is 2.46 bits per heavy atom. The van der Waals surface area contributed by atoms with Crippen molar-refractivity contribution in [2.45, 2.75) is 39.9 Å². The van der Waals surface area contributed by atoms with E-state index in [1.165, 1.54) is 11.1 Å². The predicted octanol–water partition coefficient (Wildman–Crippen LogP) is 5.36. The summed E-state index contributed by atoms with van der Waals surface area (Å²) in [6.45, 7) is 7.25. The summed E-state index contributed by atoms with van der Waals surface area (Å²) in [5, 5.41) is 12.9. The number of aromatic carboxylic acids is 1. The monoisotopic (exact) mass is 488 g/mol. The van der Waals surface area contributed by atoms with E-state index in [2.05, 4.69) is 33.4 Å². The Morgan fingerprint density at radius 1 is 1.11 bits per heavy atom. The molecule has 0 amide bonds. The summed E-state index contributed by atoms with van der Waals surface area (Å²) in [5.74, 6) is -1.17. The Morgan fingerprint density at radius 2 is 1.80 bits per heavy atom. The molecule has 0 unspecified atom stereocenters. The van der Waals surface area contributed by atoms with Crippen molar-refractivity contribution in [2.75, 3.05) is 10.2 Å². The summed E-state index contributed by atoms with van der Waals surface area (Å²) >= 11 is 5.91. The smallest absolute Gasteiger partial charge is 0.356 e. The van der Waals surface area contributed by atoms with Crippen LogP contribution in [0.1, 0.15) is 51.3 Å². The van der Waals surface area contributed by atoms with Gasteiger partial charge < -0.3 is 15.3 Å². The third kappa shape index (κ3) is 4.12. The molecule has 3 aromatic heterocycles. The van der Waals surface area contributed by atoms with Crippen LogP contribution in [0.3, 0.4) is 0 Å². The molecule has 1 atom stereocenters. The number of nitrogens with zero attached hydrogens (tertiary/aromatic N) is 3. The Bertz CT molecular complexity index is 1520. The van der Waals surface area contributed by atoms with Crippen molar-refractivity contribution < 1.29 is 9.90 Å². The second-order valence-electron chi connectivity index (χ2n) is 9.01. The highest BCUT2D eigenvalue weighted by Crippen LogP contribution is 2.33. The molecule has 0 fully saturated rings. The number of aryl methyl sites for hydroxylation is 1. The summed E-state index contributed by atoms with van der Waals surface area (Å²) in [5.41, 5.74) is 6.86. The highest BCUT2D eigenvalue weighted by Gasteiger charge is 2.24. The number of fused-ring (bicyclic) bond motifs is 2. The fourth-order valence-electron chi connectivity index (χ4n) is 4.82. The number of pyridine rings is 3. The average Bonchev–Trinajstić information content (AvgIpc) is 3.26. The van der Waals surface area contributed by atoms with Gasteiger partial charge in [0, 0.05) is 30.5 Å². The van der Waals surface area contributed by atoms with Crippen LogP contribution in [0, 0.1) is 13.8 Å². The van der Waals surface area contributed by atoms with Crippen LogP contribution in [0.15, 0.2) is 59.5 Å². The van der Waals surface area contributed by atoms with E-state index >= 15 is 0 Å². The number of rotatable bonds is 5. The maximum absolute atomic E-state index is 13.5. The molecular formula is C27H25ClN4O3. The van der Waals surface area contributed by atoms with Crippen LogP contribution in [0.25, 0.3) is 5.52 Å². The van der Waals surface area contributed by atoms with Gasteiger partial charge in [-0.3, -0.25) is 9.20 Å². The highest BCUT2D eigenvalue weighted by atomic mass is 35.5. The van der Waals surface area contributed by atoms with Gasteiger partial charge in [-0.1, -0.05) is 41.9 Å². The van der Waals surface area contributed by atoms with Crippen LogP contribution >= 0.6 is 11.6 Å². The number of carbonyl (C=O) groups is 1. The zero-order chi connectivity index (χ0) is 24.9. The summed E-state index contributed by atoms with van der Waals surface area (Å²) in [6.07, 6.45) is 1.84. The lowest BCUT2D eigenvalue weighted by atomic mass is 10.0. The molecular weight excluding hydrogens is 464 g/mol. The van der Waals surface area contributed by atoms with Crippen molar-refractivity contribution in [1.82, 2.24) is 9.38 Å². The first-order chi connectivity index (χ1) is 16.7. The normalized spacial score (nSPS) is 13.7. The number of anilines is 2. The van der Waals surface area contributed by atoms with E-state index in [4.69, 9.17) is 11.6 Å².